The number of carbonyl (C=O) groups excluding carboxylic acids is 1. The first-order valence-corrected chi connectivity index (χ1v) is 8.16. The molecule has 108 valence electrons. The normalized spacial score (nSPS) is 10.6. The van der Waals surface area contributed by atoms with Gasteiger partial charge in [-0.1, -0.05) is 0 Å². The van der Waals surface area contributed by atoms with E-state index >= 15 is 0 Å². The highest BCUT2D eigenvalue weighted by Crippen LogP contribution is 2.15. The van der Waals surface area contributed by atoms with Crippen LogP contribution in [0.1, 0.15) is 0 Å². The standard InChI is InChI=1S/C9H10O3S.CH4O4S/c1-13(2)8-5-3-7(4-6-8)12-9(10)11;1-5-6(2,3)4/h3-6H,1-2H3;1H3,(H,2,3,4). The Morgan fingerprint density at radius 1 is 1.26 bits per heavy atom. The first-order chi connectivity index (χ1) is 8.65. The van der Waals surface area contributed by atoms with Gasteiger partial charge in [0.05, 0.1) is 12.9 Å². The topological polar surface area (TPSA) is 113 Å². The number of benzene rings is 1. The smallest absolute Gasteiger partial charge is 0.397 e. The van der Waals surface area contributed by atoms with Crippen molar-refractivity contribution >= 4 is 27.4 Å². The first-order valence-electron chi connectivity index (χ1n) is 4.75. The quantitative estimate of drug-likeness (QED) is 0.364. The van der Waals surface area contributed by atoms with Gasteiger partial charge in [-0.15, -0.1) is 0 Å². The molecule has 0 aliphatic carbocycles. The van der Waals surface area contributed by atoms with Gasteiger partial charge in [-0.05, 0) is 24.3 Å². The summed E-state index contributed by atoms with van der Waals surface area (Å²) in [6.45, 7) is 0. The van der Waals surface area contributed by atoms with Crippen LogP contribution in [0.15, 0.2) is 29.2 Å². The molecule has 0 aromatic heterocycles. The highest BCUT2D eigenvalue weighted by Gasteiger charge is 2.06. The minimum absolute atomic E-state index is 0.181. The lowest BCUT2D eigenvalue weighted by molar-refractivity contribution is -0.271. The van der Waals surface area contributed by atoms with Gasteiger partial charge >= 0.3 is 10.4 Å². The molecule has 0 aliphatic rings. The fourth-order valence-electron chi connectivity index (χ4n) is 0.876. The molecular formula is C10H14O7S2. The van der Waals surface area contributed by atoms with Crippen molar-refractivity contribution in [1.29, 1.82) is 0 Å². The van der Waals surface area contributed by atoms with Gasteiger partial charge in [0.25, 0.3) is 6.16 Å². The zero-order valence-electron chi connectivity index (χ0n) is 10.5. The van der Waals surface area contributed by atoms with Gasteiger partial charge in [-0.3, -0.25) is 8.74 Å². The summed E-state index contributed by atoms with van der Waals surface area (Å²) in [5, 5.41) is 10.1. The SMILES string of the molecule is COS(=O)(=O)O.C[S+](C)c1ccc(OC(=O)[O-])cc1. The summed E-state index contributed by atoms with van der Waals surface area (Å²) in [5.41, 5.74) is 0. The van der Waals surface area contributed by atoms with Crippen molar-refractivity contribution in [3.05, 3.63) is 24.3 Å². The monoisotopic (exact) mass is 310 g/mol. The summed E-state index contributed by atoms with van der Waals surface area (Å²) >= 11 is 0. The average molecular weight is 310 g/mol. The Labute approximate surface area is 114 Å². The lowest BCUT2D eigenvalue weighted by Crippen LogP contribution is -2.26. The van der Waals surface area contributed by atoms with E-state index in [1.165, 1.54) is 4.90 Å². The van der Waals surface area contributed by atoms with E-state index in [2.05, 4.69) is 21.4 Å². The highest BCUT2D eigenvalue weighted by atomic mass is 32.3. The zero-order valence-corrected chi connectivity index (χ0v) is 12.2. The molecule has 9 heteroatoms. The fourth-order valence-corrected chi connectivity index (χ4v) is 1.56. The molecule has 0 radical (unpaired) electrons. The first kappa shape index (κ1) is 17.7. The van der Waals surface area contributed by atoms with Crippen molar-refractivity contribution in [3.8, 4) is 5.75 Å². The molecule has 0 atom stereocenters. The van der Waals surface area contributed by atoms with Crippen molar-refractivity contribution in [2.75, 3.05) is 19.6 Å². The summed E-state index contributed by atoms with van der Waals surface area (Å²) in [7, 11) is -3.11. The molecule has 0 unspecified atom stereocenters. The molecule has 1 N–H and O–H groups in total. The summed E-state index contributed by atoms with van der Waals surface area (Å²) < 4.78 is 34.1. The minimum Gasteiger partial charge on any atom is -0.514 e. The number of ether oxygens (including phenoxy) is 1. The summed E-state index contributed by atoms with van der Waals surface area (Å²) in [4.78, 5) is 11.2. The maximum atomic E-state index is 10.1. The van der Waals surface area contributed by atoms with Crippen LogP contribution >= 0.6 is 0 Å². The van der Waals surface area contributed by atoms with Crippen LogP contribution in [0.4, 0.5) is 4.79 Å². The van der Waals surface area contributed by atoms with Crippen molar-refractivity contribution in [1.82, 2.24) is 0 Å². The van der Waals surface area contributed by atoms with Crippen LogP contribution in [0.25, 0.3) is 0 Å². The summed E-state index contributed by atoms with van der Waals surface area (Å²) in [5.74, 6) is 0.300. The predicted molar refractivity (Wildman–Crippen MR) is 68.5 cm³/mol. The van der Waals surface area contributed by atoms with Gasteiger partial charge in [0, 0.05) is 10.9 Å². The van der Waals surface area contributed by atoms with E-state index in [-0.39, 0.29) is 10.9 Å². The van der Waals surface area contributed by atoms with Crippen LogP contribution in [0.3, 0.4) is 0 Å². The van der Waals surface area contributed by atoms with Crippen molar-refractivity contribution < 1.29 is 31.8 Å². The van der Waals surface area contributed by atoms with Crippen molar-refractivity contribution in [2.45, 2.75) is 4.90 Å². The second-order valence-corrected chi connectivity index (χ2v) is 6.53. The van der Waals surface area contributed by atoms with Crippen LogP contribution < -0.4 is 9.84 Å². The van der Waals surface area contributed by atoms with Gasteiger partial charge in [-0.25, -0.2) is 0 Å². The Morgan fingerprint density at radius 2 is 1.68 bits per heavy atom. The Balaban J connectivity index is 0.000000459. The molecule has 0 bridgehead atoms. The molecule has 1 rings (SSSR count). The summed E-state index contributed by atoms with van der Waals surface area (Å²) in [6.07, 6.45) is 2.66. The lowest BCUT2D eigenvalue weighted by atomic mass is 10.3. The Hall–Kier alpha value is -1.29. The van der Waals surface area contributed by atoms with Gasteiger partial charge < -0.3 is 14.6 Å². The van der Waals surface area contributed by atoms with E-state index in [4.69, 9.17) is 4.55 Å². The number of carboxylic acid groups (broad SMARTS) is 1. The lowest BCUT2D eigenvalue weighted by Gasteiger charge is -2.07. The van der Waals surface area contributed by atoms with E-state index in [1.807, 2.05) is 12.1 Å². The molecule has 0 saturated carbocycles. The highest BCUT2D eigenvalue weighted by molar-refractivity contribution is 7.95. The average Bonchev–Trinajstić information content (AvgIpc) is 2.28. The van der Waals surface area contributed by atoms with Gasteiger partial charge in [0.1, 0.15) is 12.5 Å². The number of hydrogen-bond donors (Lipinski definition) is 1. The third kappa shape index (κ3) is 9.31. The zero-order chi connectivity index (χ0) is 15.1. The van der Waals surface area contributed by atoms with Crippen LogP contribution in [0, 0.1) is 0 Å². The number of hydrogen-bond acceptors (Lipinski definition) is 6. The van der Waals surface area contributed by atoms with E-state index in [0.29, 0.717) is 5.75 Å². The van der Waals surface area contributed by atoms with E-state index in [1.54, 1.807) is 12.1 Å². The Bertz CT molecular complexity index is 493. The van der Waals surface area contributed by atoms with Crippen molar-refractivity contribution in [3.63, 3.8) is 0 Å². The molecule has 19 heavy (non-hydrogen) atoms. The molecule has 0 heterocycles. The van der Waals surface area contributed by atoms with E-state index in [9.17, 15) is 18.3 Å². The third-order valence-electron chi connectivity index (χ3n) is 1.71. The largest absolute Gasteiger partial charge is 0.514 e. The molecule has 0 amide bonds. The number of carbonyl (C=O) groups is 1. The molecule has 0 fully saturated rings. The van der Waals surface area contributed by atoms with Gasteiger partial charge in [0.2, 0.25) is 0 Å². The van der Waals surface area contributed by atoms with Gasteiger partial charge in [-0.2, -0.15) is 8.42 Å². The predicted octanol–water partition coefficient (Wildman–Crippen LogP) is 0.0811. The maximum Gasteiger partial charge on any atom is 0.397 e. The molecule has 0 spiro atoms. The van der Waals surface area contributed by atoms with Crippen LogP contribution in [0.5, 0.6) is 5.75 Å². The molecule has 1 aromatic rings. The van der Waals surface area contributed by atoms with E-state index < -0.39 is 16.6 Å². The second-order valence-electron chi connectivity index (χ2n) is 3.23. The van der Waals surface area contributed by atoms with Crippen LogP contribution in [-0.2, 0) is 25.5 Å². The van der Waals surface area contributed by atoms with Crippen LogP contribution in [-0.4, -0.2) is 38.7 Å². The molecule has 1 aromatic carbocycles. The molecular weight excluding hydrogens is 296 g/mol. The summed E-state index contributed by atoms with van der Waals surface area (Å²) in [6, 6.07) is 6.94. The molecule has 0 aliphatic heterocycles. The Kier molecular flexibility index (Phi) is 7.45. The van der Waals surface area contributed by atoms with Crippen LogP contribution in [0.2, 0.25) is 0 Å². The molecule has 7 nitrogen and oxygen atoms in total. The third-order valence-corrected chi connectivity index (χ3v) is 3.34. The second kappa shape index (κ2) is 8.00. The fraction of sp³-hybridized carbons (Fsp3) is 0.300. The maximum absolute atomic E-state index is 10.1. The minimum atomic E-state index is -4.16. The Morgan fingerprint density at radius 3 is 1.95 bits per heavy atom. The van der Waals surface area contributed by atoms with Gasteiger partial charge in [0.15, 0.2) is 4.90 Å². The number of rotatable bonds is 3. The van der Waals surface area contributed by atoms with Crippen molar-refractivity contribution in [2.24, 2.45) is 0 Å². The molecule has 0 saturated heterocycles. The van der Waals surface area contributed by atoms with E-state index in [0.717, 1.165) is 7.11 Å².